The lowest BCUT2D eigenvalue weighted by atomic mass is 9.84. The highest BCUT2D eigenvalue weighted by molar-refractivity contribution is 6.11. The van der Waals surface area contributed by atoms with E-state index in [1.54, 1.807) is 13.8 Å². The van der Waals surface area contributed by atoms with Gasteiger partial charge in [0.25, 0.3) is 0 Å². The first-order valence-electron chi connectivity index (χ1n) is 7.22. The molecule has 21 heavy (non-hydrogen) atoms. The molecule has 1 rings (SSSR count). The lowest BCUT2D eigenvalue weighted by molar-refractivity contribution is 0.123. The van der Waals surface area contributed by atoms with Crippen LogP contribution in [0.4, 0.5) is 0 Å². The van der Waals surface area contributed by atoms with Crippen LogP contribution in [0.5, 0.6) is 0 Å². The van der Waals surface area contributed by atoms with Crippen LogP contribution in [0.2, 0.25) is 5.82 Å². The van der Waals surface area contributed by atoms with Gasteiger partial charge in [-0.3, -0.25) is 0 Å². The Morgan fingerprint density at radius 2 is 2.00 bits per heavy atom. The summed E-state index contributed by atoms with van der Waals surface area (Å²) in [5.74, 6) is 2.74. The molecule has 0 saturated carbocycles. The molecule has 0 aliphatic rings. The van der Waals surface area contributed by atoms with Crippen LogP contribution in [-0.2, 0) is 0 Å². The number of allylic oxidation sites excluding steroid dienone is 2. The minimum Gasteiger partial charge on any atom is -0.386 e. The Bertz CT molecular complexity index is 539. The van der Waals surface area contributed by atoms with Crippen LogP contribution < -0.4 is 0 Å². The molecule has 1 nitrogen and oxygen atoms in total. The minimum atomic E-state index is -0.927. The van der Waals surface area contributed by atoms with Crippen molar-refractivity contribution in [1.29, 1.82) is 0 Å². The molecule has 0 aromatic heterocycles. The second-order valence-corrected chi connectivity index (χ2v) is 5.85. The van der Waals surface area contributed by atoms with Gasteiger partial charge in [0.1, 0.15) is 0 Å². The Hall–Kier alpha value is -1.72. The van der Waals surface area contributed by atoms with Gasteiger partial charge in [0.15, 0.2) is 0 Å². The Morgan fingerprint density at radius 3 is 2.48 bits per heavy atom. The molecule has 0 bridgehead atoms. The van der Waals surface area contributed by atoms with E-state index in [1.807, 2.05) is 49.4 Å². The Morgan fingerprint density at radius 1 is 1.38 bits per heavy atom. The van der Waals surface area contributed by atoms with Crippen LogP contribution in [0, 0.1) is 12.3 Å². The molecule has 0 fully saturated rings. The van der Waals surface area contributed by atoms with Gasteiger partial charge < -0.3 is 5.11 Å². The van der Waals surface area contributed by atoms with E-state index in [0.717, 1.165) is 16.7 Å². The average Bonchev–Trinajstić information content (AvgIpc) is 2.41. The van der Waals surface area contributed by atoms with Crippen molar-refractivity contribution in [3.8, 4) is 12.3 Å². The third-order valence-electron chi connectivity index (χ3n) is 3.18. The number of rotatable bonds is 6. The van der Waals surface area contributed by atoms with Crippen LogP contribution in [0.1, 0.15) is 39.2 Å². The maximum absolute atomic E-state index is 10.3. The third-order valence-corrected chi connectivity index (χ3v) is 3.18. The lowest BCUT2D eigenvalue weighted by Crippen LogP contribution is -2.21. The largest absolute Gasteiger partial charge is 0.386 e. The molecule has 1 atom stereocenters. The van der Waals surface area contributed by atoms with Gasteiger partial charge in [0, 0.05) is 6.42 Å². The predicted octanol–water partition coefficient (Wildman–Crippen LogP) is 4.16. The van der Waals surface area contributed by atoms with Gasteiger partial charge in [-0.2, -0.15) is 0 Å². The van der Waals surface area contributed by atoms with E-state index in [9.17, 15) is 5.11 Å². The van der Waals surface area contributed by atoms with E-state index < -0.39 is 5.60 Å². The number of aliphatic hydroxyl groups is 1. The van der Waals surface area contributed by atoms with Gasteiger partial charge in [0.05, 0.1) is 13.4 Å². The standard InChI is InChI=1S/C19H23BO/c1-5-9-17(16-10-7-6-8-11-16)14-18(19(3,4)21)13-12-15(2)20/h1,6-8,10-11,13-15,21H,9,12H2,2-4H3/b17-14+,18-13+. The smallest absolute Gasteiger partial charge is 0.0837 e. The first-order valence-corrected chi connectivity index (χ1v) is 7.22. The molecular weight excluding hydrogens is 255 g/mol. The van der Waals surface area contributed by atoms with Crippen molar-refractivity contribution in [2.75, 3.05) is 0 Å². The zero-order valence-electron chi connectivity index (χ0n) is 13.1. The maximum Gasteiger partial charge on any atom is 0.0837 e. The van der Waals surface area contributed by atoms with Crippen molar-refractivity contribution in [3.63, 3.8) is 0 Å². The summed E-state index contributed by atoms with van der Waals surface area (Å²) in [6, 6.07) is 9.98. The fourth-order valence-electron chi connectivity index (χ4n) is 1.98. The zero-order valence-corrected chi connectivity index (χ0v) is 13.1. The molecule has 2 heteroatoms. The van der Waals surface area contributed by atoms with Crippen molar-refractivity contribution < 1.29 is 5.11 Å². The molecular formula is C19H23BO. The molecule has 1 aromatic rings. The quantitative estimate of drug-likeness (QED) is 0.470. The van der Waals surface area contributed by atoms with E-state index in [0.29, 0.717) is 12.8 Å². The molecule has 0 amide bonds. The summed E-state index contributed by atoms with van der Waals surface area (Å²) >= 11 is 0. The van der Waals surface area contributed by atoms with Crippen LogP contribution in [0.3, 0.4) is 0 Å². The molecule has 1 aromatic carbocycles. The Balaban J connectivity index is 3.21. The average molecular weight is 278 g/mol. The summed E-state index contributed by atoms with van der Waals surface area (Å²) in [4.78, 5) is 0. The van der Waals surface area contributed by atoms with Gasteiger partial charge in [0.2, 0.25) is 0 Å². The van der Waals surface area contributed by atoms with Crippen LogP contribution in [0.25, 0.3) is 5.57 Å². The summed E-state index contributed by atoms with van der Waals surface area (Å²) in [6.07, 6.45) is 10.7. The van der Waals surface area contributed by atoms with Crippen molar-refractivity contribution in [2.24, 2.45) is 0 Å². The molecule has 0 aliphatic carbocycles. The SMILES string of the molecule is [B]C(C)C/C=C(\C=C(/CC#C)c1ccccc1)C(C)(C)O. The van der Waals surface area contributed by atoms with E-state index in [2.05, 4.69) is 5.92 Å². The fraction of sp³-hybridized carbons (Fsp3) is 0.368. The molecule has 1 N–H and O–H groups in total. The molecule has 108 valence electrons. The van der Waals surface area contributed by atoms with Crippen molar-refractivity contribution >= 4 is 13.4 Å². The first-order chi connectivity index (χ1) is 9.84. The van der Waals surface area contributed by atoms with Crippen molar-refractivity contribution in [1.82, 2.24) is 0 Å². The fourth-order valence-corrected chi connectivity index (χ4v) is 1.98. The van der Waals surface area contributed by atoms with Gasteiger partial charge in [-0.25, -0.2) is 0 Å². The van der Waals surface area contributed by atoms with E-state index in [1.165, 1.54) is 0 Å². The highest BCUT2D eigenvalue weighted by atomic mass is 16.3. The lowest BCUT2D eigenvalue weighted by Gasteiger charge is -2.21. The molecule has 0 spiro atoms. The summed E-state index contributed by atoms with van der Waals surface area (Å²) in [5, 5.41) is 10.3. The van der Waals surface area contributed by atoms with Crippen molar-refractivity contribution in [2.45, 2.75) is 45.0 Å². The monoisotopic (exact) mass is 278 g/mol. The van der Waals surface area contributed by atoms with Gasteiger partial charge in [-0.15, -0.1) is 12.3 Å². The predicted molar refractivity (Wildman–Crippen MR) is 92.0 cm³/mol. The summed E-state index contributed by atoms with van der Waals surface area (Å²) < 4.78 is 0. The summed E-state index contributed by atoms with van der Waals surface area (Å²) in [5.41, 5.74) is 2.01. The second kappa shape index (κ2) is 7.91. The van der Waals surface area contributed by atoms with Gasteiger partial charge >= 0.3 is 0 Å². The molecule has 0 aliphatic heterocycles. The topological polar surface area (TPSA) is 20.2 Å². The number of terminal acetylenes is 1. The third kappa shape index (κ3) is 6.06. The van der Waals surface area contributed by atoms with E-state index in [4.69, 9.17) is 14.3 Å². The molecule has 1 unspecified atom stereocenters. The maximum atomic E-state index is 10.3. The van der Waals surface area contributed by atoms with Crippen molar-refractivity contribution in [3.05, 3.63) is 53.6 Å². The van der Waals surface area contributed by atoms with Gasteiger partial charge in [-0.1, -0.05) is 55.2 Å². The zero-order chi connectivity index (χ0) is 15.9. The number of hydrogen-bond acceptors (Lipinski definition) is 1. The van der Waals surface area contributed by atoms with Gasteiger partial charge in [-0.05, 0) is 37.0 Å². The normalized spacial score (nSPS) is 14.6. The van der Waals surface area contributed by atoms with Crippen LogP contribution >= 0.6 is 0 Å². The first kappa shape index (κ1) is 17.3. The highest BCUT2D eigenvalue weighted by Gasteiger charge is 2.18. The number of hydrogen-bond donors (Lipinski definition) is 1. The Kier molecular flexibility index (Phi) is 6.53. The van der Waals surface area contributed by atoms with E-state index in [-0.39, 0.29) is 5.82 Å². The van der Waals surface area contributed by atoms with E-state index >= 15 is 0 Å². The molecule has 0 saturated heterocycles. The summed E-state index contributed by atoms with van der Waals surface area (Å²) in [7, 11) is 5.81. The molecule has 0 heterocycles. The minimum absolute atomic E-state index is 0.0589. The van der Waals surface area contributed by atoms with Crippen LogP contribution in [0.15, 0.2) is 48.1 Å². The summed E-state index contributed by atoms with van der Waals surface area (Å²) in [6.45, 7) is 5.49. The highest BCUT2D eigenvalue weighted by Crippen LogP contribution is 2.26. The van der Waals surface area contributed by atoms with Crippen LogP contribution in [-0.4, -0.2) is 18.6 Å². The number of benzene rings is 1. The molecule has 2 radical (unpaired) electrons. The Labute approximate surface area is 130 Å². The second-order valence-electron chi connectivity index (χ2n) is 5.85.